The Balaban J connectivity index is 1.68. The van der Waals surface area contributed by atoms with Crippen molar-refractivity contribution in [2.75, 3.05) is 7.05 Å². The molecule has 4 aliphatic rings. The molecule has 114 valence electrons. The Bertz CT molecular complexity index is 514. The Labute approximate surface area is 125 Å². The van der Waals surface area contributed by atoms with E-state index < -0.39 is 0 Å². The first-order valence-electron chi connectivity index (χ1n) is 8.28. The summed E-state index contributed by atoms with van der Waals surface area (Å²) in [5.41, 5.74) is 0.523. The highest BCUT2D eigenvalue weighted by molar-refractivity contribution is 5.24. The van der Waals surface area contributed by atoms with Gasteiger partial charge in [0.15, 0.2) is 0 Å². The number of hydrogen-bond donors (Lipinski definition) is 1. The molecule has 0 saturated heterocycles. The van der Waals surface area contributed by atoms with E-state index in [4.69, 9.17) is 0 Å². The van der Waals surface area contributed by atoms with Crippen molar-refractivity contribution in [2.24, 2.45) is 29.6 Å². The van der Waals surface area contributed by atoms with Gasteiger partial charge in [-0.25, -0.2) is 8.78 Å². The molecule has 1 nitrogen and oxygen atoms in total. The monoisotopic (exact) mass is 291 g/mol. The van der Waals surface area contributed by atoms with Gasteiger partial charge >= 0.3 is 0 Å². The average molecular weight is 291 g/mol. The van der Waals surface area contributed by atoms with Crippen LogP contribution in [0.15, 0.2) is 18.2 Å². The highest BCUT2D eigenvalue weighted by Gasteiger charge is 2.50. The highest BCUT2D eigenvalue weighted by Crippen LogP contribution is 2.59. The normalized spacial score (nSPS) is 38.7. The lowest BCUT2D eigenvalue weighted by atomic mass is 9.50. The molecule has 3 heteroatoms. The molecular weight excluding hydrogens is 268 g/mol. The van der Waals surface area contributed by atoms with Crippen molar-refractivity contribution in [1.82, 2.24) is 5.32 Å². The van der Waals surface area contributed by atoms with Crippen molar-refractivity contribution in [2.45, 2.75) is 38.1 Å². The highest BCUT2D eigenvalue weighted by atomic mass is 19.1. The first-order valence-corrected chi connectivity index (χ1v) is 8.28. The summed E-state index contributed by atoms with van der Waals surface area (Å²) in [5.74, 6) is 3.05. The summed E-state index contributed by atoms with van der Waals surface area (Å²) in [5, 5.41) is 3.31. The van der Waals surface area contributed by atoms with E-state index in [1.54, 1.807) is 0 Å². The van der Waals surface area contributed by atoms with Gasteiger partial charge in [0.1, 0.15) is 11.6 Å². The maximum Gasteiger partial charge on any atom is 0.128 e. The largest absolute Gasteiger partial charge is 0.313 e. The molecule has 0 amide bonds. The van der Waals surface area contributed by atoms with Crippen LogP contribution in [0.1, 0.15) is 43.7 Å². The predicted octanol–water partition coefficient (Wildman–Crippen LogP) is 4.30. The fourth-order valence-corrected chi connectivity index (χ4v) is 5.82. The van der Waals surface area contributed by atoms with Crippen LogP contribution in [-0.4, -0.2) is 7.05 Å². The molecule has 1 atom stereocenters. The molecule has 21 heavy (non-hydrogen) atoms. The third-order valence-corrected chi connectivity index (χ3v) is 6.29. The van der Waals surface area contributed by atoms with Gasteiger partial charge in [0.25, 0.3) is 0 Å². The summed E-state index contributed by atoms with van der Waals surface area (Å²) in [7, 11) is 1.89. The van der Waals surface area contributed by atoms with Crippen LogP contribution in [0.4, 0.5) is 8.78 Å². The van der Waals surface area contributed by atoms with Crippen molar-refractivity contribution in [3.05, 3.63) is 35.4 Å². The minimum atomic E-state index is -0.338. The lowest BCUT2D eigenvalue weighted by molar-refractivity contribution is -0.0520. The van der Waals surface area contributed by atoms with E-state index in [0.29, 0.717) is 23.3 Å². The maximum atomic E-state index is 14.2. The third kappa shape index (κ3) is 2.21. The van der Waals surface area contributed by atoms with E-state index in [0.717, 1.165) is 11.8 Å². The van der Waals surface area contributed by atoms with Crippen LogP contribution in [0, 0.1) is 41.2 Å². The molecule has 1 aromatic rings. The van der Waals surface area contributed by atoms with Gasteiger partial charge in [0.2, 0.25) is 0 Å². The summed E-state index contributed by atoms with van der Waals surface area (Å²) in [6, 6.07) is 3.82. The molecule has 0 aromatic heterocycles. The van der Waals surface area contributed by atoms with Crippen LogP contribution in [-0.2, 0) is 0 Å². The molecule has 1 aromatic carbocycles. The van der Waals surface area contributed by atoms with Crippen molar-refractivity contribution < 1.29 is 8.78 Å². The fraction of sp³-hybridized carbons (Fsp3) is 0.667. The van der Waals surface area contributed by atoms with Gasteiger partial charge in [-0.3, -0.25) is 0 Å². The molecule has 0 heterocycles. The topological polar surface area (TPSA) is 12.0 Å². The summed E-state index contributed by atoms with van der Waals surface area (Å²) < 4.78 is 27.8. The number of rotatable bonds is 3. The second-order valence-electron chi connectivity index (χ2n) is 7.44. The van der Waals surface area contributed by atoms with E-state index in [9.17, 15) is 8.78 Å². The van der Waals surface area contributed by atoms with Gasteiger partial charge in [0.05, 0.1) is 0 Å². The smallest absolute Gasteiger partial charge is 0.128 e. The van der Waals surface area contributed by atoms with Gasteiger partial charge in [0, 0.05) is 11.6 Å². The average Bonchev–Trinajstić information content (AvgIpc) is 2.45. The Morgan fingerprint density at radius 3 is 2.19 bits per heavy atom. The first kappa shape index (κ1) is 13.7. The molecule has 4 fully saturated rings. The van der Waals surface area contributed by atoms with E-state index in [1.165, 1.54) is 50.3 Å². The van der Waals surface area contributed by atoms with E-state index in [2.05, 4.69) is 5.32 Å². The Morgan fingerprint density at radius 1 is 1.00 bits per heavy atom. The van der Waals surface area contributed by atoms with E-state index in [1.807, 2.05) is 7.05 Å². The number of halogens is 2. The van der Waals surface area contributed by atoms with Crippen LogP contribution in [0.5, 0.6) is 0 Å². The second kappa shape index (κ2) is 5.05. The van der Waals surface area contributed by atoms with E-state index >= 15 is 0 Å². The van der Waals surface area contributed by atoms with Crippen LogP contribution >= 0.6 is 0 Å². The molecule has 0 spiro atoms. The molecule has 1 unspecified atom stereocenters. The summed E-state index contributed by atoms with van der Waals surface area (Å²) in [4.78, 5) is 0. The van der Waals surface area contributed by atoms with Crippen LogP contribution in [0.3, 0.4) is 0 Å². The lowest BCUT2D eigenvalue weighted by Crippen LogP contribution is -2.49. The van der Waals surface area contributed by atoms with Gasteiger partial charge in [-0.1, -0.05) is 0 Å². The molecule has 4 saturated carbocycles. The quantitative estimate of drug-likeness (QED) is 0.875. The third-order valence-electron chi connectivity index (χ3n) is 6.29. The zero-order chi connectivity index (χ0) is 14.6. The molecule has 1 N–H and O–H groups in total. The number of hydrogen-bond acceptors (Lipinski definition) is 1. The Morgan fingerprint density at radius 2 is 1.62 bits per heavy atom. The van der Waals surface area contributed by atoms with Crippen molar-refractivity contribution in [3.8, 4) is 0 Å². The minimum absolute atomic E-state index is 0.0456. The van der Waals surface area contributed by atoms with Gasteiger partial charge in [-0.2, -0.15) is 0 Å². The zero-order valence-corrected chi connectivity index (χ0v) is 12.5. The minimum Gasteiger partial charge on any atom is -0.313 e. The second-order valence-corrected chi connectivity index (χ2v) is 7.44. The van der Waals surface area contributed by atoms with Crippen LogP contribution in [0.2, 0.25) is 0 Å². The van der Waals surface area contributed by atoms with Gasteiger partial charge in [-0.15, -0.1) is 0 Å². The number of benzene rings is 1. The Hall–Kier alpha value is -0.960. The standard InChI is InChI=1S/C18H23F2N/c1-21-18(15-9-14(19)2-3-16(15)20)17-12-5-10-4-11(7-12)8-13(17)6-10/h2-3,9-13,17-18,21H,4-8H2,1H3. The molecule has 0 radical (unpaired) electrons. The molecule has 4 bridgehead atoms. The van der Waals surface area contributed by atoms with Crippen molar-refractivity contribution >= 4 is 0 Å². The molecule has 5 rings (SSSR count). The molecule has 0 aliphatic heterocycles. The predicted molar refractivity (Wildman–Crippen MR) is 78.7 cm³/mol. The summed E-state index contributed by atoms with van der Waals surface area (Å²) >= 11 is 0. The Kier molecular flexibility index (Phi) is 3.29. The van der Waals surface area contributed by atoms with Crippen molar-refractivity contribution in [1.29, 1.82) is 0 Å². The van der Waals surface area contributed by atoms with Crippen molar-refractivity contribution in [3.63, 3.8) is 0 Å². The zero-order valence-electron chi connectivity index (χ0n) is 12.5. The molecular formula is C18H23F2N. The van der Waals surface area contributed by atoms with Gasteiger partial charge < -0.3 is 5.32 Å². The SMILES string of the molecule is CNC(c1cc(F)ccc1F)C1C2CC3CC(C2)CC1C3. The fourth-order valence-electron chi connectivity index (χ4n) is 5.82. The first-order chi connectivity index (χ1) is 10.2. The summed E-state index contributed by atoms with van der Waals surface area (Å²) in [6.07, 6.45) is 6.61. The summed E-state index contributed by atoms with van der Waals surface area (Å²) in [6.45, 7) is 0. The lowest BCUT2D eigenvalue weighted by Gasteiger charge is -2.56. The van der Waals surface area contributed by atoms with Crippen LogP contribution < -0.4 is 5.32 Å². The van der Waals surface area contributed by atoms with Gasteiger partial charge in [-0.05, 0) is 86.9 Å². The van der Waals surface area contributed by atoms with Crippen LogP contribution in [0.25, 0.3) is 0 Å². The number of nitrogens with one attached hydrogen (secondary N) is 1. The maximum absolute atomic E-state index is 14.2. The molecule has 4 aliphatic carbocycles. The van der Waals surface area contributed by atoms with E-state index in [-0.39, 0.29) is 17.7 Å².